The fourth-order valence-corrected chi connectivity index (χ4v) is 1.34. The SMILES string of the molecule is CCCOC(C)([O])Cc1ccccc1. The molecule has 1 aromatic carbocycles. The predicted octanol–water partition coefficient (Wildman–Crippen LogP) is 2.80. The van der Waals surface area contributed by atoms with Gasteiger partial charge in [-0.3, -0.25) is 0 Å². The standard InChI is InChI=1S/C12H17O2/c1-3-9-14-12(2,13)10-11-7-5-4-6-8-11/h4-8H,3,9-10H2,1-2H3. The zero-order valence-electron chi connectivity index (χ0n) is 8.82. The van der Waals surface area contributed by atoms with E-state index in [1.54, 1.807) is 6.92 Å². The molecule has 0 saturated heterocycles. The van der Waals surface area contributed by atoms with Crippen LogP contribution in [0.5, 0.6) is 0 Å². The molecule has 77 valence electrons. The summed E-state index contributed by atoms with van der Waals surface area (Å²) in [4.78, 5) is 0. The molecule has 14 heavy (non-hydrogen) atoms. The number of ether oxygens (including phenoxy) is 1. The summed E-state index contributed by atoms with van der Waals surface area (Å²) in [5.41, 5.74) is 1.03. The molecule has 0 aromatic heterocycles. The smallest absolute Gasteiger partial charge is 0.202 e. The van der Waals surface area contributed by atoms with Crippen LogP contribution in [-0.4, -0.2) is 12.4 Å². The highest BCUT2D eigenvalue weighted by Crippen LogP contribution is 2.15. The van der Waals surface area contributed by atoms with Gasteiger partial charge in [0, 0.05) is 13.0 Å². The fraction of sp³-hybridized carbons (Fsp3) is 0.500. The van der Waals surface area contributed by atoms with Gasteiger partial charge in [-0.2, -0.15) is 5.11 Å². The molecule has 1 unspecified atom stereocenters. The lowest BCUT2D eigenvalue weighted by Gasteiger charge is -2.20. The first-order valence-electron chi connectivity index (χ1n) is 5.02. The Morgan fingerprint density at radius 2 is 1.93 bits per heavy atom. The van der Waals surface area contributed by atoms with E-state index in [-0.39, 0.29) is 0 Å². The second kappa shape index (κ2) is 5.13. The number of rotatable bonds is 5. The van der Waals surface area contributed by atoms with E-state index in [1.165, 1.54) is 0 Å². The second-order valence-electron chi connectivity index (χ2n) is 3.64. The summed E-state index contributed by atoms with van der Waals surface area (Å²) in [5.74, 6) is -1.29. The Kier molecular flexibility index (Phi) is 4.11. The molecule has 0 heterocycles. The van der Waals surface area contributed by atoms with Crippen LogP contribution in [0.2, 0.25) is 0 Å². The van der Waals surface area contributed by atoms with Gasteiger partial charge in [-0.15, -0.1) is 0 Å². The molecule has 1 radical (unpaired) electrons. The maximum atomic E-state index is 11.8. The van der Waals surface area contributed by atoms with E-state index in [2.05, 4.69) is 0 Å². The van der Waals surface area contributed by atoms with Gasteiger partial charge in [0.2, 0.25) is 5.79 Å². The van der Waals surface area contributed by atoms with Gasteiger partial charge in [0.05, 0.1) is 0 Å². The van der Waals surface area contributed by atoms with Crippen molar-refractivity contribution in [1.82, 2.24) is 0 Å². The van der Waals surface area contributed by atoms with Crippen LogP contribution in [0.25, 0.3) is 0 Å². The van der Waals surface area contributed by atoms with Gasteiger partial charge in [-0.05, 0) is 18.9 Å². The highest BCUT2D eigenvalue weighted by Gasteiger charge is 2.23. The van der Waals surface area contributed by atoms with Gasteiger partial charge >= 0.3 is 0 Å². The Morgan fingerprint density at radius 3 is 2.50 bits per heavy atom. The Hall–Kier alpha value is -0.860. The molecule has 2 heteroatoms. The quantitative estimate of drug-likeness (QED) is 0.661. The summed E-state index contributed by atoms with van der Waals surface area (Å²) in [6.45, 7) is 4.13. The minimum Gasteiger partial charge on any atom is -0.347 e. The number of benzene rings is 1. The minimum absolute atomic E-state index is 0.424. The number of hydrogen-bond acceptors (Lipinski definition) is 1. The second-order valence-corrected chi connectivity index (χ2v) is 3.64. The zero-order valence-corrected chi connectivity index (χ0v) is 8.82. The molecule has 0 N–H and O–H groups in total. The van der Waals surface area contributed by atoms with Gasteiger partial charge in [-0.1, -0.05) is 37.3 Å². The van der Waals surface area contributed by atoms with Crippen molar-refractivity contribution < 1.29 is 9.84 Å². The van der Waals surface area contributed by atoms with E-state index in [0.717, 1.165) is 12.0 Å². The molecule has 1 atom stereocenters. The fourth-order valence-electron chi connectivity index (χ4n) is 1.34. The van der Waals surface area contributed by atoms with Crippen molar-refractivity contribution in [2.45, 2.75) is 32.5 Å². The van der Waals surface area contributed by atoms with Crippen LogP contribution >= 0.6 is 0 Å². The Balaban J connectivity index is 2.50. The molecule has 0 aliphatic rings. The zero-order chi connectivity index (χ0) is 10.4. The first-order chi connectivity index (χ1) is 6.64. The monoisotopic (exact) mass is 193 g/mol. The summed E-state index contributed by atoms with van der Waals surface area (Å²) in [6.07, 6.45) is 1.31. The average molecular weight is 193 g/mol. The molecule has 0 spiro atoms. The van der Waals surface area contributed by atoms with Crippen LogP contribution in [0.4, 0.5) is 0 Å². The maximum absolute atomic E-state index is 11.8. The van der Waals surface area contributed by atoms with E-state index in [0.29, 0.717) is 13.0 Å². The van der Waals surface area contributed by atoms with E-state index < -0.39 is 5.79 Å². The van der Waals surface area contributed by atoms with E-state index in [4.69, 9.17) is 4.74 Å². The normalized spacial score (nSPS) is 15.1. The molecular weight excluding hydrogens is 176 g/mol. The van der Waals surface area contributed by atoms with Crippen molar-refractivity contribution in [1.29, 1.82) is 0 Å². The minimum atomic E-state index is -1.29. The van der Waals surface area contributed by atoms with E-state index >= 15 is 0 Å². The van der Waals surface area contributed by atoms with Gasteiger partial charge < -0.3 is 4.74 Å². The first kappa shape index (κ1) is 11.2. The van der Waals surface area contributed by atoms with Crippen LogP contribution in [0.15, 0.2) is 30.3 Å². The molecule has 1 aromatic rings. The predicted molar refractivity (Wildman–Crippen MR) is 55.5 cm³/mol. The summed E-state index contributed by atoms with van der Waals surface area (Å²) in [7, 11) is 0. The van der Waals surface area contributed by atoms with Crippen LogP contribution < -0.4 is 0 Å². The Morgan fingerprint density at radius 1 is 1.29 bits per heavy atom. The Labute approximate surface area is 85.5 Å². The third-order valence-electron chi connectivity index (χ3n) is 1.98. The average Bonchev–Trinajstić information content (AvgIpc) is 2.16. The van der Waals surface area contributed by atoms with Crippen molar-refractivity contribution >= 4 is 0 Å². The van der Waals surface area contributed by atoms with Crippen molar-refractivity contribution in [2.24, 2.45) is 0 Å². The van der Waals surface area contributed by atoms with Crippen molar-refractivity contribution in [3.63, 3.8) is 0 Å². The van der Waals surface area contributed by atoms with Gasteiger partial charge in [0.1, 0.15) is 0 Å². The summed E-state index contributed by atoms with van der Waals surface area (Å²) < 4.78 is 5.23. The molecular formula is C12H17O2. The lowest BCUT2D eigenvalue weighted by molar-refractivity contribution is -0.226. The molecule has 0 fully saturated rings. The third kappa shape index (κ3) is 3.90. The van der Waals surface area contributed by atoms with Crippen LogP contribution in [0.3, 0.4) is 0 Å². The van der Waals surface area contributed by atoms with Crippen LogP contribution in [0.1, 0.15) is 25.8 Å². The van der Waals surface area contributed by atoms with E-state index in [1.807, 2.05) is 37.3 Å². The molecule has 0 bridgehead atoms. The molecule has 0 amide bonds. The van der Waals surface area contributed by atoms with Gasteiger partial charge in [0.25, 0.3) is 0 Å². The van der Waals surface area contributed by atoms with Crippen LogP contribution in [0, 0.1) is 0 Å². The first-order valence-corrected chi connectivity index (χ1v) is 5.02. The van der Waals surface area contributed by atoms with Crippen LogP contribution in [-0.2, 0) is 16.3 Å². The topological polar surface area (TPSA) is 29.1 Å². The molecule has 1 rings (SSSR count). The summed E-state index contributed by atoms with van der Waals surface area (Å²) in [5, 5.41) is 11.8. The van der Waals surface area contributed by atoms with Crippen molar-refractivity contribution in [2.75, 3.05) is 6.61 Å². The van der Waals surface area contributed by atoms with Crippen molar-refractivity contribution in [3.05, 3.63) is 35.9 Å². The largest absolute Gasteiger partial charge is 0.347 e. The summed E-state index contributed by atoms with van der Waals surface area (Å²) >= 11 is 0. The highest BCUT2D eigenvalue weighted by atomic mass is 16.6. The molecule has 0 aliphatic carbocycles. The maximum Gasteiger partial charge on any atom is 0.202 e. The number of hydrogen-bond donors (Lipinski definition) is 0. The lowest BCUT2D eigenvalue weighted by Crippen LogP contribution is -2.29. The van der Waals surface area contributed by atoms with E-state index in [9.17, 15) is 5.11 Å². The third-order valence-corrected chi connectivity index (χ3v) is 1.98. The highest BCUT2D eigenvalue weighted by molar-refractivity contribution is 5.15. The summed E-state index contributed by atoms with van der Waals surface area (Å²) in [6, 6.07) is 9.71. The van der Waals surface area contributed by atoms with Gasteiger partial charge in [0.15, 0.2) is 0 Å². The molecule has 0 saturated carbocycles. The van der Waals surface area contributed by atoms with Crippen molar-refractivity contribution in [3.8, 4) is 0 Å². The molecule has 2 nitrogen and oxygen atoms in total. The lowest BCUT2D eigenvalue weighted by atomic mass is 10.1. The molecule has 0 aliphatic heterocycles. The van der Waals surface area contributed by atoms with Gasteiger partial charge in [-0.25, -0.2) is 0 Å². The Bertz CT molecular complexity index is 254.